The predicted molar refractivity (Wildman–Crippen MR) is 40.4 cm³/mol. The van der Waals surface area contributed by atoms with Gasteiger partial charge in [-0.05, 0) is 18.8 Å². The molecule has 0 N–H and O–H groups in total. The highest BCUT2D eigenvalue weighted by atomic mass is 32.1. The molecule has 0 aromatic carbocycles. The molecule has 1 unspecified atom stereocenters. The Bertz CT molecular complexity index is 62.8. The molecule has 0 saturated heterocycles. The fraction of sp³-hybridized carbons (Fsp3) is 1.00. The first-order chi connectivity index (χ1) is 3.80. The summed E-state index contributed by atoms with van der Waals surface area (Å²) in [6.45, 7) is 2.21. The molecule has 0 nitrogen and oxygen atoms in total. The second-order valence-corrected chi connectivity index (χ2v) is 3.60. The van der Waals surface area contributed by atoms with Gasteiger partial charge in [-0.15, -0.1) is 0 Å². The fourth-order valence-electron chi connectivity index (χ4n) is 1.44. The Morgan fingerprint density at radius 2 is 1.88 bits per heavy atom. The van der Waals surface area contributed by atoms with Crippen LogP contribution in [-0.2, 0) is 0 Å². The van der Waals surface area contributed by atoms with Crippen LogP contribution in [0.15, 0.2) is 0 Å². The van der Waals surface area contributed by atoms with E-state index in [1.165, 1.54) is 25.7 Å². The van der Waals surface area contributed by atoms with Crippen molar-refractivity contribution >= 4 is 12.6 Å². The van der Waals surface area contributed by atoms with Crippen molar-refractivity contribution in [1.82, 2.24) is 0 Å². The first-order valence-electron chi connectivity index (χ1n) is 3.49. The van der Waals surface area contributed by atoms with Crippen LogP contribution in [-0.4, -0.2) is 5.25 Å². The summed E-state index contributed by atoms with van der Waals surface area (Å²) in [7, 11) is 0. The van der Waals surface area contributed by atoms with E-state index in [1.807, 2.05) is 0 Å². The van der Waals surface area contributed by atoms with Gasteiger partial charge in [0.2, 0.25) is 0 Å². The monoisotopic (exact) mass is 130 g/mol. The van der Waals surface area contributed by atoms with Gasteiger partial charge in [0, 0.05) is 5.25 Å². The molecule has 1 heteroatoms. The second kappa shape index (κ2) is 2.77. The van der Waals surface area contributed by atoms with Gasteiger partial charge in [-0.1, -0.05) is 19.8 Å². The van der Waals surface area contributed by atoms with Gasteiger partial charge >= 0.3 is 0 Å². The quantitative estimate of drug-likeness (QED) is 0.518. The summed E-state index contributed by atoms with van der Waals surface area (Å²) in [5, 5.41) is 0.637. The summed E-state index contributed by atoms with van der Waals surface area (Å²) in [5.41, 5.74) is 0. The van der Waals surface area contributed by atoms with E-state index in [2.05, 4.69) is 19.6 Å². The number of hydrogen-bond acceptors (Lipinski definition) is 1. The van der Waals surface area contributed by atoms with Crippen molar-refractivity contribution in [2.24, 2.45) is 5.92 Å². The maximum Gasteiger partial charge on any atom is 0.00167 e. The highest BCUT2D eigenvalue weighted by Gasteiger charge is 2.17. The Morgan fingerprint density at radius 3 is 2.12 bits per heavy atom. The van der Waals surface area contributed by atoms with Crippen molar-refractivity contribution < 1.29 is 0 Å². The minimum absolute atomic E-state index is 0.637. The third-order valence-electron chi connectivity index (χ3n) is 2.08. The zero-order valence-corrected chi connectivity index (χ0v) is 6.32. The van der Waals surface area contributed by atoms with Gasteiger partial charge in [-0.3, -0.25) is 0 Å². The van der Waals surface area contributed by atoms with Crippen molar-refractivity contribution in [1.29, 1.82) is 0 Å². The molecular weight excluding hydrogens is 116 g/mol. The Hall–Kier alpha value is 0.350. The summed E-state index contributed by atoms with van der Waals surface area (Å²) in [4.78, 5) is 0. The normalized spacial score (nSPS) is 26.2. The molecule has 1 aliphatic rings. The molecule has 1 saturated carbocycles. The zero-order chi connectivity index (χ0) is 5.98. The average Bonchev–Trinajstić information content (AvgIpc) is 2.12. The lowest BCUT2D eigenvalue weighted by Gasteiger charge is -2.10. The standard InChI is InChI=1S/C7H14S/c1-6(8)7-4-2-3-5-7/h6-8H,2-5H2,1H3. The molecule has 0 bridgehead atoms. The van der Waals surface area contributed by atoms with Crippen molar-refractivity contribution in [3.63, 3.8) is 0 Å². The van der Waals surface area contributed by atoms with E-state index in [-0.39, 0.29) is 0 Å². The van der Waals surface area contributed by atoms with Gasteiger partial charge < -0.3 is 0 Å². The molecule has 1 fully saturated rings. The molecule has 0 aromatic heterocycles. The molecule has 0 aromatic rings. The van der Waals surface area contributed by atoms with E-state index in [0.717, 1.165) is 5.92 Å². The highest BCUT2D eigenvalue weighted by molar-refractivity contribution is 7.80. The van der Waals surface area contributed by atoms with Crippen LogP contribution in [0.1, 0.15) is 32.6 Å². The van der Waals surface area contributed by atoms with Gasteiger partial charge in [0.15, 0.2) is 0 Å². The zero-order valence-electron chi connectivity index (χ0n) is 5.43. The van der Waals surface area contributed by atoms with Crippen LogP contribution in [0.2, 0.25) is 0 Å². The lowest BCUT2D eigenvalue weighted by atomic mass is 10.1. The minimum atomic E-state index is 0.637. The average molecular weight is 130 g/mol. The Kier molecular flexibility index (Phi) is 2.24. The third-order valence-corrected chi connectivity index (χ3v) is 2.50. The van der Waals surface area contributed by atoms with Gasteiger partial charge in [-0.2, -0.15) is 12.6 Å². The summed E-state index contributed by atoms with van der Waals surface area (Å²) in [5.74, 6) is 0.929. The summed E-state index contributed by atoms with van der Waals surface area (Å²) >= 11 is 4.39. The highest BCUT2D eigenvalue weighted by Crippen LogP contribution is 2.29. The maximum absolute atomic E-state index is 4.39. The number of thiol groups is 1. The molecular formula is C7H14S. The van der Waals surface area contributed by atoms with Crippen LogP contribution in [0.3, 0.4) is 0 Å². The van der Waals surface area contributed by atoms with Crippen LogP contribution < -0.4 is 0 Å². The van der Waals surface area contributed by atoms with E-state index < -0.39 is 0 Å². The SMILES string of the molecule is CC(S)C1CCCC1. The molecule has 48 valence electrons. The van der Waals surface area contributed by atoms with Crippen LogP contribution >= 0.6 is 12.6 Å². The third kappa shape index (κ3) is 1.41. The Morgan fingerprint density at radius 1 is 1.38 bits per heavy atom. The topological polar surface area (TPSA) is 0 Å². The smallest absolute Gasteiger partial charge is 0.00167 e. The lowest BCUT2D eigenvalue weighted by molar-refractivity contribution is 0.546. The predicted octanol–water partition coefficient (Wildman–Crippen LogP) is 2.49. The summed E-state index contributed by atoms with van der Waals surface area (Å²) in [6.07, 6.45) is 5.72. The molecule has 0 amide bonds. The molecule has 0 radical (unpaired) electrons. The Labute approximate surface area is 57.1 Å². The van der Waals surface area contributed by atoms with Crippen LogP contribution in [0.4, 0.5) is 0 Å². The minimum Gasteiger partial charge on any atom is -0.176 e. The summed E-state index contributed by atoms with van der Waals surface area (Å²) in [6, 6.07) is 0. The molecule has 1 aliphatic carbocycles. The van der Waals surface area contributed by atoms with Crippen molar-refractivity contribution in [3.8, 4) is 0 Å². The van der Waals surface area contributed by atoms with Crippen molar-refractivity contribution in [2.75, 3.05) is 0 Å². The van der Waals surface area contributed by atoms with Gasteiger partial charge in [0.05, 0.1) is 0 Å². The van der Waals surface area contributed by atoms with Gasteiger partial charge in [-0.25, -0.2) is 0 Å². The van der Waals surface area contributed by atoms with E-state index >= 15 is 0 Å². The van der Waals surface area contributed by atoms with Gasteiger partial charge in [0.1, 0.15) is 0 Å². The van der Waals surface area contributed by atoms with Crippen molar-refractivity contribution in [3.05, 3.63) is 0 Å². The van der Waals surface area contributed by atoms with E-state index in [0.29, 0.717) is 5.25 Å². The Balaban J connectivity index is 2.24. The van der Waals surface area contributed by atoms with E-state index in [9.17, 15) is 0 Å². The van der Waals surface area contributed by atoms with Crippen molar-refractivity contribution in [2.45, 2.75) is 37.9 Å². The lowest BCUT2D eigenvalue weighted by Crippen LogP contribution is -2.05. The van der Waals surface area contributed by atoms with Crippen LogP contribution in [0.5, 0.6) is 0 Å². The molecule has 0 heterocycles. The second-order valence-electron chi connectivity index (χ2n) is 2.79. The number of rotatable bonds is 1. The molecule has 8 heavy (non-hydrogen) atoms. The molecule has 0 spiro atoms. The summed E-state index contributed by atoms with van der Waals surface area (Å²) < 4.78 is 0. The largest absolute Gasteiger partial charge is 0.176 e. The molecule has 1 atom stereocenters. The van der Waals surface area contributed by atoms with E-state index in [4.69, 9.17) is 0 Å². The maximum atomic E-state index is 4.39. The number of hydrogen-bond donors (Lipinski definition) is 1. The van der Waals surface area contributed by atoms with Gasteiger partial charge in [0.25, 0.3) is 0 Å². The first kappa shape index (κ1) is 6.47. The molecule has 1 rings (SSSR count). The molecule has 0 aliphatic heterocycles. The van der Waals surface area contributed by atoms with Crippen LogP contribution in [0.25, 0.3) is 0 Å². The first-order valence-corrected chi connectivity index (χ1v) is 4.00. The van der Waals surface area contributed by atoms with E-state index in [1.54, 1.807) is 0 Å². The van der Waals surface area contributed by atoms with Crippen LogP contribution in [0, 0.1) is 5.92 Å². The fourth-order valence-corrected chi connectivity index (χ4v) is 1.74.